The molecule has 0 radical (unpaired) electrons. The van der Waals surface area contributed by atoms with E-state index in [1.54, 1.807) is 0 Å². The zero-order chi connectivity index (χ0) is 7.82. The molecule has 4 nitrogen and oxygen atoms in total. The first-order valence-corrected chi connectivity index (χ1v) is 4.70. The summed E-state index contributed by atoms with van der Waals surface area (Å²) < 4.78 is 0. The van der Waals surface area contributed by atoms with Crippen LogP contribution in [0.4, 0.5) is 0 Å². The van der Waals surface area contributed by atoms with Gasteiger partial charge in [-0.05, 0) is 13.3 Å². The topological polar surface area (TPSA) is 61.7 Å². The fourth-order valence-corrected chi connectivity index (χ4v) is 0.908. The molecule has 0 aliphatic heterocycles. The Morgan fingerprint density at radius 1 is 1.50 bits per heavy atom. The van der Waals surface area contributed by atoms with Gasteiger partial charge in [0.25, 0.3) is 0 Å². The summed E-state index contributed by atoms with van der Waals surface area (Å²) in [6.45, 7) is 3.19. The van der Waals surface area contributed by atoms with Crippen molar-refractivity contribution < 1.29 is 14.6 Å². The van der Waals surface area contributed by atoms with Gasteiger partial charge in [-0.25, -0.2) is 5.48 Å². The third-order valence-corrected chi connectivity index (χ3v) is 1.60. The van der Waals surface area contributed by atoms with Crippen molar-refractivity contribution in [1.29, 1.82) is 0 Å². The number of nitrogens with one attached hydrogen (secondary N) is 1. The molecule has 0 aromatic carbocycles. The quantitative estimate of drug-likeness (QED) is 0.301. The fraction of sp³-hybridized carbons (Fsp3) is 1.00. The van der Waals surface area contributed by atoms with Crippen LogP contribution >= 0.6 is 8.38 Å². The molecule has 5 heteroatoms. The molecule has 0 saturated carbocycles. The van der Waals surface area contributed by atoms with Gasteiger partial charge < -0.3 is 14.6 Å². The molecular weight excluding hydrogens is 153 g/mol. The first-order valence-electron chi connectivity index (χ1n) is 3.27. The van der Waals surface area contributed by atoms with Crippen molar-refractivity contribution >= 4 is 8.38 Å². The molecule has 0 rings (SSSR count). The third kappa shape index (κ3) is 8.27. The molecule has 3 N–H and O–H groups in total. The largest absolute Gasteiger partial charge is 0.350 e. The molecule has 0 aliphatic carbocycles. The summed E-state index contributed by atoms with van der Waals surface area (Å²) in [6, 6.07) is 0. The van der Waals surface area contributed by atoms with Crippen molar-refractivity contribution in [1.82, 2.24) is 5.48 Å². The average Bonchev–Trinajstić information content (AvgIpc) is 1.87. The van der Waals surface area contributed by atoms with Crippen molar-refractivity contribution in [2.75, 3.05) is 19.3 Å². The molecule has 0 unspecified atom stereocenters. The Morgan fingerprint density at radius 3 is 2.70 bits per heavy atom. The first-order chi connectivity index (χ1) is 4.77. The normalized spacial score (nSPS) is 10.8. The molecule has 0 bridgehead atoms. The van der Waals surface area contributed by atoms with E-state index in [1.165, 1.54) is 0 Å². The standard InChI is InChI=1S/C5H14NO3P/c1-2-9-6-4-3-5-10(7)8/h6-8H,2-5H2,1H3. The van der Waals surface area contributed by atoms with E-state index in [0.29, 0.717) is 19.3 Å². The molecule has 0 amide bonds. The van der Waals surface area contributed by atoms with Gasteiger partial charge in [-0.1, -0.05) is 0 Å². The van der Waals surface area contributed by atoms with E-state index in [1.807, 2.05) is 6.92 Å². The molecular formula is C5H14NO3P. The van der Waals surface area contributed by atoms with Crippen molar-refractivity contribution in [3.05, 3.63) is 0 Å². The van der Waals surface area contributed by atoms with Gasteiger partial charge in [0, 0.05) is 12.7 Å². The molecule has 62 valence electrons. The van der Waals surface area contributed by atoms with E-state index in [2.05, 4.69) is 5.48 Å². The van der Waals surface area contributed by atoms with Crippen LogP contribution in [-0.4, -0.2) is 29.1 Å². The highest BCUT2D eigenvalue weighted by Crippen LogP contribution is 2.22. The number of hydrogen-bond acceptors (Lipinski definition) is 4. The second-order valence-corrected chi connectivity index (χ2v) is 2.97. The predicted octanol–water partition coefficient (Wildman–Crippen LogP) is 0.214. The maximum Gasteiger partial charge on any atom is 0.164 e. The van der Waals surface area contributed by atoms with E-state index >= 15 is 0 Å². The van der Waals surface area contributed by atoms with Gasteiger partial charge in [0.15, 0.2) is 8.38 Å². The maximum absolute atomic E-state index is 8.46. The molecule has 0 aromatic rings. The Bertz CT molecular complexity index is 71.9. The Morgan fingerprint density at radius 2 is 2.20 bits per heavy atom. The van der Waals surface area contributed by atoms with Crippen molar-refractivity contribution in [3.8, 4) is 0 Å². The summed E-state index contributed by atoms with van der Waals surface area (Å²) in [5.41, 5.74) is 2.68. The maximum atomic E-state index is 8.46. The van der Waals surface area contributed by atoms with E-state index in [-0.39, 0.29) is 0 Å². The van der Waals surface area contributed by atoms with Gasteiger partial charge >= 0.3 is 0 Å². The summed E-state index contributed by atoms with van der Waals surface area (Å²) in [7, 11) is -1.72. The van der Waals surface area contributed by atoms with Crippen molar-refractivity contribution in [2.24, 2.45) is 0 Å². The van der Waals surface area contributed by atoms with Crippen LogP contribution in [-0.2, 0) is 4.84 Å². The number of hydroxylamine groups is 1. The molecule has 0 aliphatic rings. The lowest BCUT2D eigenvalue weighted by molar-refractivity contribution is 0.0513. The van der Waals surface area contributed by atoms with Gasteiger partial charge in [-0.15, -0.1) is 0 Å². The second kappa shape index (κ2) is 7.38. The molecule has 0 saturated heterocycles. The van der Waals surface area contributed by atoms with Gasteiger partial charge in [-0.3, -0.25) is 0 Å². The van der Waals surface area contributed by atoms with Crippen LogP contribution in [0.1, 0.15) is 13.3 Å². The van der Waals surface area contributed by atoms with Crippen LogP contribution in [0.2, 0.25) is 0 Å². The Kier molecular flexibility index (Phi) is 7.58. The highest BCUT2D eigenvalue weighted by molar-refractivity contribution is 7.45. The average molecular weight is 167 g/mol. The minimum absolute atomic E-state index is 0.454. The monoisotopic (exact) mass is 167 g/mol. The highest BCUT2D eigenvalue weighted by atomic mass is 31.2. The van der Waals surface area contributed by atoms with E-state index in [9.17, 15) is 0 Å². The van der Waals surface area contributed by atoms with Crippen LogP contribution < -0.4 is 5.48 Å². The lowest BCUT2D eigenvalue weighted by Gasteiger charge is -2.03. The molecule has 0 fully saturated rings. The van der Waals surface area contributed by atoms with Crippen molar-refractivity contribution in [2.45, 2.75) is 13.3 Å². The molecule has 0 atom stereocenters. The van der Waals surface area contributed by atoms with E-state index in [4.69, 9.17) is 14.6 Å². The molecule has 0 aromatic heterocycles. The number of hydrogen-bond donors (Lipinski definition) is 3. The second-order valence-electron chi connectivity index (χ2n) is 1.78. The molecule has 0 spiro atoms. The Labute approximate surface area is 62.1 Å². The Hall–Kier alpha value is 0.270. The zero-order valence-corrected chi connectivity index (χ0v) is 6.97. The van der Waals surface area contributed by atoms with Gasteiger partial charge in [0.1, 0.15) is 0 Å². The van der Waals surface area contributed by atoms with E-state index < -0.39 is 8.38 Å². The third-order valence-electron chi connectivity index (χ3n) is 0.883. The van der Waals surface area contributed by atoms with E-state index in [0.717, 1.165) is 6.42 Å². The van der Waals surface area contributed by atoms with Crippen LogP contribution in [0.25, 0.3) is 0 Å². The molecule has 10 heavy (non-hydrogen) atoms. The SMILES string of the molecule is CCONCCCP(O)O. The van der Waals surface area contributed by atoms with Gasteiger partial charge in [-0.2, -0.15) is 0 Å². The summed E-state index contributed by atoms with van der Waals surface area (Å²) in [4.78, 5) is 21.7. The lowest BCUT2D eigenvalue weighted by atomic mass is 10.5. The zero-order valence-electron chi connectivity index (χ0n) is 6.08. The smallest absolute Gasteiger partial charge is 0.164 e. The lowest BCUT2D eigenvalue weighted by Crippen LogP contribution is -2.16. The fourth-order valence-electron chi connectivity index (χ4n) is 0.467. The Balaban J connectivity index is 2.77. The highest BCUT2D eigenvalue weighted by Gasteiger charge is 1.96. The minimum atomic E-state index is -1.72. The number of rotatable bonds is 6. The van der Waals surface area contributed by atoms with Crippen molar-refractivity contribution in [3.63, 3.8) is 0 Å². The van der Waals surface area contributed by atoms with Gasteiger partial charge in [0.05, 0.1) is 6.61 Å². The minimum Gasteiger partial charge on any atom is -0.350 e. The summed E-state index contributed by atoms with van der Waals surface area (Å²) in [6.07, 6.45) is 1.19. The van der Waals surface area contributed by atoms with Crippen LogP contribution in [0, 0.1) is 0 Å². The summed E-state index contributed by atoms with van der Waals surface area (Å²) in [5, 5.41) is 0. The van der Waals surface area contributed by atoms with Crippen LogP contribution in [0.15, 0.2) is 0 Å². The van der Waals surface area contributed by atoms with Gasteiger partial charge in [0.2, 0.25) is 0 Å². The van der Waals surface area contributed by atoms with Crippen LogP contribution in [0.5, 0.6) is 0 Å². The summed E-state index contributed by atoms with van der Waals surface area (Å²) in [5.74, 6) is 0. The summed E-state index contributed by atoms with van der Waals surface area (Å²) >= 11 is 0. The first kappa shape index (κ1) is 10.3. The predicted molar refractivity (Wildman–Crippen MR) is 40.5 cm³/mol. The molecule has 0 heterocycles. The van der Waals surface area contributed by atoms with Crippen LogP contribution in [0.3, 0.4) is 0 Å².